The number of benzene rings is 1. The Morgan fingerprint density at radius 1 is 1.00 bits per heavy atom. The first-order valence-corrected chi connectivity index (χ1v) is 13.8. The molecule has 1 unspecified atom stereocenters. The van der Waals surface area contributed by atoms with Gasteiger partial charge in [0.1, 0.15) is 5.69 Å². The molecule has 0 radical (unpaired) electrons. The first kappa shape index (κ1) is 23.5. The molecule has 37 heavy (non-hydrogen) atoms. The molecule has 1 fully saturated rings. The maximum absolute atomic E-state index is 13.4. The van der Waals surface area contributed by atoms with Gasteiger partial charge in [-0.05, 0) is 36.6 Å². The molecular weight excluding hydrogens is 492 g/mol. The van der Waals surface area contributed by atoms with Gasteiger partial charge >= 0.3 is 5.69 Å². The van der Waals surface area contributed by atoms with Gasteiger partial charge in [0.15, 0.2) is 0 Å². The number of hydrogen-bond acceptors (Lipinski definition) is 7. The predicted octanol–water partition coefficient (Wildman–Crippen LogP) is 2.34. The largest absolute Gasteiger partial charge is 0.329 e. The highest BCUT2D eigenvalue weighted by molar-refractivity contribution is 7.88. The average Bonchev–Trinajstić information content (AvgIpc) is 3.44. The fraction of sp³-hybridized carbons (Fsp3) is 0.320. The molecule has 12 heteroatoms. The van der Waals surface area contributed by atoms with Crippen molar-refractivity contribution in [2.45, 2.75) is 18.9 Å². The number of rotatable bonds is 4. The summed E-state index contributed by atoms with van der Waals surface area (Å²) in [6.07, 6.45) is 7.95. The van der Waals surface area contributed by atoms with E-state index in [9.17, 15) is 13.2 Å². The maximum atomic E-state index is 13.4. The van der Waals surface area contributed by atoms with Gasteiger partial charge in [0, 0.05) is 44.3 Å². The van der Waals surface area contributed by atoms with Crippen LogP contribution in [-0.4, -0.2) is 66.2 Å². The van der Waals surface area contributed by atoms with E-state index in [4.69, 9.17) is 0 Å². The minimum absolute atomic E-state index is 0.176. The van der Waals surface area contributed by atoms with Crippen molar-refractivity contribution >= 4 is 32.0 Å². The third kappa shape index (κ3) is 4.02. The van der Waals surface area contributed by atoms with E-state index in [1.165, 1.54) is 10.6 Å². The molecule has 1 aromatic carbocycles. The Kier molecular flexibility index (Phi) is 5.46. The molecule has 0 amide bonds. The number of piperidine rings is 1. The van der Waals surface area contributed by atoms with Crippen LogP contribution in [-0.2, 0) is 24.1 Å². The van der Waals surface area contributed by atoms with Gasteiger partial charge in [-0.15, -0.1) is 5.10 Å². The van der Waals surface area contributed by atoms with Crippen molar-refractivity contribution in [1.82, 2.24) is 38.4 Å². The summed E-state index contributed by atoms with van der Waals surface area (Å²) < 4.78 is 31.0. The van der Waals surface area contributed by atoms with Crippen molar-refractivity contribution in [3.63, 3.8) is 0 Å². The van der Waals surface area contributed by atoms with Crippen molar-refractivity contribution < 1.29 is 8.42 Å². The molecule has 0 aliphatic carbocycles. The lowest BCUT2D eigenvalue weighted by atomic mass is 10.0. The van der Waals surface area contributed by atoms with Gasteiger partial charge in [0.05, 0.1) is 46.9 Å². The molecule has 5 aromatic rings. The Hall–Kier alpha value is -3.90. The summed E-state index contributed by atoms with van der Waals surface area (Å²) in [5.74, 6) is 0. The minimum atomic E-state index is -3.35. The van der Waals surface area contributed by atoms with Crippen molar-refractivity contribution in [1.29, 1.82) is 0 Å². The molecule has 1 atom stereocenters. The fourth-order valence-electron chi connectivity index (χ4n) is 5.16. The van der Waals surface area contributed by atoms with E-state index in [0.29, 0.717) is 24.2 Å². The second-order valence-corrected chi connectivity index (χ2v) is 11.5. The van der Waals surface area contributed by atoms with Crippen LogP contribution in [0.5, 0.6) is 0 Å². The van der Waals surface area contributed by atoms with Gasteiger partial charge in [0.2, 0.25) is 10.0 Å². The van der Waals surface area contributed by atoms with Crippen molar-refractivity contribution in [2.24, 2.45) is 14.1 Å². The number of pyridine rings is 2. The Balaban J connectivity index is 1.48. The normalized spacial score (nSPS) is 17.1. The number of hydrogen-bond donors (Lipinski definition) is 0. The smallest absolute Gasteiger partial charge is 0.293 e. The van der Waals surface area contributed by atoms with Crippen LogP contribution < -0.4 is 5.69 Å². The maximum Gasteiger partial charge on any atom is 0.329 e. The molecule has 1 aliphatic heterocycles. The lowest BCUT2D eigenvalue weighted by molar-refractivity contribution is 0.267. The highest BCUT2D eigenvalue weighted by Crippen LogP contribution is 2.32. The van der Waals surface area contributed by atoms with E-state index in [1.807, 2.05) is 43.6 Å². The first-order valence-electron chi connectivity index (χ1n) is 12.0. The number of aryl methyl sites for hydroxylation is 2. The van der Waals surface area contributed by atoms with Gasteiger partial charge in [-0.3, -0.25) is 23.8 Å². The van der Waals surface area contributed by atoms with Gasteiger partial charge in [-0.1, -0.05) is 17.3 Å². The lowest BCUT2D eigenvalue weighted by Gasteiger charge is -2.31. The zero-order valence-corrected chi connectivity index (χ0v) is 21.6. The van der Waals surface area contributed by atoms with E-state index in [1.54, 1.807) is 33.3 Å². The number of fused-ring (bicyclic) bond motifs is 3. The van der Waals surface area contributed by atoms with Crippen LogP contribution in [0.15, 0.2) is 53.7 Å². The molecular formula is C25H26N8O3S. The van der Waals surface area contributed by atoms with Crippen LogP contribution in [0.1, 0.15) is 18.9 Å². The number of sulfonamides is 1. The van der Waals surface area contributed by atoms with Gasteiger partial charge in [0.25, 0.3) is 0 Å². The van der Waals surface area contributed by atoms with Crippen LogP contribution in [0.3, 0.4) is 0 Å². The van der Waals surface area contributed by atoms with Crippen LogP contribution >= 0.6 is 0 Å². The summed E-state index contributed by atoms with van der Waals surface area (Å²) in [6, 6.07) is 9.57. The van der Waals surface area contributed by atoms with Crippen LogP contribution in [0, 0.1) is 0 Å². The summed E-state index contributed by atoms with van der Waals surface area (Å²) >= 11 is 0. The SMILES string of the molecule is Cn1cc(-c2ccc(-c3ccc4ncc5c(c4c3)n(C3CCCN(S(C)(=O)=O)C3)c(=O)n5C)cn2)nn1. The summed E-state index contributed by atoms with van der Waals surface area (Å²) in [7, 11) is 0.185. The molecule has 6 rings (SSSR count). The summed E-state index contributed by atoms with van der Waals surface area (Å²) in [6.45, 7) is 0.744. The monoisotopic (exact) mass is 518 g/mol. The Morgan fingerprint density at radius 3 is 2.51 bits per heavy atom. The molecule has 190 valence electrons. The van der Waals surface area contributed by atoms with Crippen LogP contribution in [0.4, 0.5) is 0 Å². The third-order valence-electron chi connectivity index (χ3n) is 7.07. The van der Waals surface area contributed by atoms with Crippen molar-refractivity contribution in [3.8, 4) is 22.5 Å². The Morgan fingerprint density at radius 2 is 1.81 bits per heavy atom. The predicted molar refractivity (Wildman–Crippen MR) is 140 cm³/mol. The van der Waals surface area contributed by atoms with Gasteiger partial charge < -0.3 is 0 Å². The van der Waals surface area contributed by atoms with Crippen molar-refractivity contribution in [2.75, 3.05) is 19.3 Å². The van der Waals surface area contributed by atoms with Crippen LogP contribution in [0.25, 0.3) is 44.5 Å². The van der Waals surface area contributed by atoms with Gasteiger partial charge in [-0.2, -0.15) is 0 Å². The third-order valence-corrected chi connectivity index (χ3v) is 8.34. The summed E-state index contributed by atoms with van der Waals surface area (Å²) in [5.41, 5.74) is 5.34. The number of nitrogens with zero attached hydrogens (tertiary/aromatic N) is 8. The molecule has 1 saturated heterocycles. The fourth-order valence-corrected chi connectivity index (χ4v) is 6.06. The summed E-state index contributed by atoms with van der Waals surface area (Å²) in [4.78, 5) is 22.6. The molecule has 5 heterocycles. The standard InChI is InChI=1S/C25H26N8O3S/c1-30-15-22(28-29-30)21-9-7-17(12-26-21)16-6-8-20-19(11-16)24-23(13-27-20)31(2)25(34)33(24)18-5-4-10-32(14-18)37(3,35)36/h6-9,11-13,15,18H,4-5,10,14H2,1-3H3. The molecule has 11 nitrogen and oxygen atoms in total. The molecule has 0 saturated carbocycles. The zero-order valence-electron chi connectivity index (χ0n) is 20.7. The molecule has 0 N–H and O–H groups in total. The zero-order chi connectivity index (χ0) is 25.9. The molecule has 1 aliphatic rings. The average molecular weight is 519 g/mol. The lowest BCUT2D eigenvalue weighted by Crippen LogP contribution is -2.42. The molecule has 0 bridgehead atoms. The second kappa shape index (κ2) is 8.60. The topological polar surface area (TPSA) is 121 Å². The highest BCUT2D eigenvalue weighted by atomic mass is 32.2. The number of imidazole rings is 1. The van der Waals surface area contributed by atoms with Gasteiger partial charge in [-0.25, -0.2) is 17.5 Å². The van der Waals surface area contributed by atoms with E-state index in [0.717, 1.165) is 39.7 Å². The molecule has 4 aromatic heterocycles. The van der Waals surface area contributed by atoms with Crippen molar-refractivity contribution in [3.05, 3.63) is 59.4 Å². The Labute approximate surface area is 213 Å². The van der Waals surface area contributed by atoms with Crippen LogP contribution in [0.2, 0.25) is 0 Å². The van der Waals surface area contributed by atoms with E-state index >= 15 is 0 Å². The number of aromatic nitrogens is 7. The second-order valence-electron chi connectivity index (χ2n) is 9.56. The summed E-state index contributed by atoms with van der Waals surface area (Å²) in [5, 5.41) is 8.91. The minimum Gasteiger partial charge on any atom is -0.293 e. The van der Waals surface area contributed by atoms with E-state index in [2.05, 4.69) is 20.3 Å². The Bertz CT molecular complexity index is 1820. The quantitative estimate of drug-likeness (QED) is 0.358. The highest BCUT2D eigenvalue weighted by Gasteiger charge is 2.30. The molecule has 0 spiro atoms. The van der Waals surface area contributed by atoms with E-state index < -0.39 is 10.0 Å². The first-order chi connectivity index (χ1) is 17.7. The van der Waals surface area contributed by atoms with E-state index in [-0.39, 0.29) is 18.3 Å².